The second-order valence-electron chi connectivity index (χ2n) is 5.11. The van der Waals surface area contributed by atoms with Gasteiger partial charge in [-0.15, -0.1) is 23.5 Å². The van der Waals surface area contributed by atoms with Gasteiger partial charge in [0.15, 0.2) is 0 Å². The normalized spacial score (nSPS) is 18.1. The largest absolute Gasteiger partial charge is 0.273 e. The Morgan fingerprint density at radius 1 is 1.30 bits per heavy atom. The number of rotatable bonds is 4. The Kier molecular flexibility index (Phi) is 5.16. The van der Waals surface area contributed by atoms with Gasteiger partial charge < -0.3 is 0 Å². The number of carbonyl (C=O) groups is 1. The molecule has 2 rings (SSSR count). The number of aryl methyl sites for hydroxylation is 1. The Balaban J connectivity index is 1.91. The first kappa shape index (κ1) is 15.4. The Labute approximate surface area is 129 Å². The van der Waals surface area contributed by atoms with Crippen molar-refractivity contribution >= 4 is 35.1 Å². The van der Waals surface area contributed by atoms with E-state index in [-0.39, 0.29) is 9.99 Å². The van der Waals surface area contributed by atoms with Gasteiger partial charge in [0.25, 0.3) is 0 Å². The second-order valence-corrected chi connectivity index (χ2v) is 8.56. The highest BCUT2D eigenvalue weighted by atomic mass is 32.2. The molecule has 1 amide bonds. The van der Waals surface area contributed by atoms with Gasteiger partial charge in [0.05, 0.1) is 16.2 Å². The summed E-state index contributed by atoms with van der Waals surface area (Å²) in [5, 5.41) is 4.20. The Morgan fingerprint density at radius 3 is 2.50 bits per heavy atom. The highest BCUT2D eigenvalue weighted by Gasteiger charge is 2.32. The van der Waals surface area contributed by atoms with E-state index < -0.39 is 0 Å². The third-order valence-corrected chi connectivity index (χ3v) is 6.49. The molecule has 1 aliphatic heterocycles. The summed E-state index contributed by atoms with van der Waals surface area (Å²) < 4.78 is 0.0113. The maximum atomic E-state index is 11.9. The van der Waals surface area contributed by atoms with Gasteiger partial charge in [0, 0.05) is 11.5 Å². The monoisotopic (exact) mass is 308 g/mol. The van der Waals surface area contributed by atoms with Gasteiger partial charge in [0.1, 0.15) is 0 Å². The van der Waals surface area contributed by atoms with E-state index >= 15 is 0 Å². The van der Waals surface area contributed by atoms with E-state index in [1.807, 2.05) is 54.7 Å². The van der Waals surface area contributed by atoms with Crippen LogP contribution in [0.3, 0.4) is 0 Å². The molecule has 0 radical (unpaired) electrons. The zero-order valence-corrected chi connectivity index (χ0v) is 13.7. The average molecular weight is 308 g/mol. The van der Waals surface area contributed by atoms with Crippen LogP contribution in [0.2, 0.25) is 0 Å². The van der Waals surface area contributed by atoms with Crippen LogP contribution in [0.1, 0.15) is 31.4 Å². The molecule has 0 aromatic heterocycles. The Bertz CT molecular complexity index is 505. The van der Waals surface area contributed by atoms with Crippen LogP contribution in [0.4, 0.5) is 0 Å². The van der Waals surface area contributed by atoms with Crippen molar-refractivity contribution in [3.8, 4) is 0 Å². The number of hydrogen-bond acceptors (Lipinski definition) is 4. The maximum absolute atomic E-state index is 11.9. The first-order valence-electron chi connectivity index (χ1n) is 6.67. The van der Waals surface area contributed by atoms with Crippen molar-refractivity contribution in [3.05, 3.63) is 35.4 Å². The van der Waals surface area contributed by atoms with Crippen LogP contribution < -0.4 is 5.43 Å². The fourth-order valence-corrected chi connectivity index (χ4v) is 4.83. The Morgan fingerprint density at radius 2 is 1.90 bits per heavy atom. The van der Waals surface area contributed by atoms with Gasteiger partial charge in [0.2, 0.25) is 5.91 Å². The van der Waals surface area contributed by atoms with Gasteiger partial charge in [-0.25, -0.2) is 5.43 Å². The SMILES string of the molecule is CC(=NNC(=O)CC1(C)SCCS1)c1ccc(C)cc1. The third kappa shape index (κ3) is 4.28. The molecule has 0 unspecified atom stereocenters. The van der Waals surface area contributed by atoms with Crippen molar-refractivity contribution in [2.45, 2.75) is 31.3 Å². The number of nitrogens with one attached hydrogen (secondary N) is 1. The summed E-state index contributed by atoms with van der Waals surface area (Å²) >= 11 is 3.72. The molecule has 1 N–H and O–H groups in total. The molecule has 5 heteroatoms. The van der Waals surface area contributed by atoms with E-state index in [1.54, 1.807) is 0 Å². The highest BCUT2D eigenvalue weighted by molar-refractivity contribution is 8.21. The molecular formula is C15H20N2OS2. The summed E-state index contributed by atoms with van der Waals surface area (Å²) in [6, 6.07) is 8.13. The number of hydrazone groups is 1. The van der Waals surface area contributed by atoms with Crippen LogP contribution in [-0.2, 0) is 4.79 Å². The summed E-state index contributed by atoms with van der Waals surface area (Å²) in [5.74, 6) is 2.24. The van der Waals surface area contributed by atoms with E-state index in [4.69, 9.17) is 0 Å². The van der Waals surface area contributed by atoms with Gasteiger partial charge >= 0.3 is 0 Å². The second kappa shape index (κ2) is 6.68. The van der Waals surface area contributed by atoms with Crippen LogP contribution in [0.25, 0.3) is 0 Å². The molecule has 1 heterocycles. The first-order valence-corrected chi connectivity index (χ1v) is 8.64. The number of thioether (sulfide) groups is 2. The molecule has 3 nitrogen and oxygen atoms in total. The van der Waals surface area contributed by atoms with E-state index in [2.05, 4.69) is 24.4 Å². The molecule has 1 aliphatic rings. The maximum Gasteiger partial charge on any atom is 0.242 e. The zero-order chi connectivity index (χ0) is 14.6. The molecule has 1 aromatic rings. The molecule has 0 spiro atoms. The van der Waals surface area contributed by atoms with E-state index in [9.17, 15) is 4.79 Å². The van der Waals surface area contributed by atoms with Crippen molar-refractivity contribution < 1.29 is 4.79 Å². The summed E-state index contributed by atoms with van der Waals surface area (Å²) in [7, 11) is 0. The molecule has 0 aliphatic carbocycles. The van der Waals surface area contributed by atoms with Crippen LogP contribution in [0.15, 0.2) is 29.4 Å². The molecule has 0 atom stereocenters. The number of amides is 1. The van der Waals surface area contributed by atoms with Gasteiger partial charge in [-0.1, -0.05) is 29.8 Å². The molecule has 108 valence electrons. The number of nitrogens with zero attached hydrogens (tertiary/aromatic N) is 1. The molecule has 1 fully saturated rings. The lowest BCUT2D eigenvalue weighted by molar-refractivity contribution is -0.121. The predicted molar refractivity (Wildman–Crippen MR) is 89.5 cm³/mol. The standard InChI is InChI=1S/C15H20N2OS2/c1-11-4-6-13(7-5-11)12(2)16-17-14(18)10-15(3)19-8-9-20-15/h4-7H,8-10H2,1-3H3,(H,17,18). The molecule has 0 saturated carbocycles. The summed E-state index contributed by atoms with van der Waals surface area (Å²) in [5.41, 5.74) is 5.75. The summed E-state index contributed by atoms with van der Waals surface area (Å²) in [6.45, 7) is 6.09. The van der Waals surface area contributed by atoms with Gasteiger partial charge in [-0.2, -0.15) is 5.10 Å². The minimum Gasteiger partial charge on any atom is -0.273 e. The van der Waals surface area contributed by atoms with Gasteiger partial charge in [-0.05, 0) is 26.3 Å². The molecule has 0 bridgehead atoms. The zero-order valence-electron chi connectivity index (χ0n) is 12.1. The highest BCUT2D eigenvalue weighted by Crippen LogP contribution is 2.45. The average Bonchev–Trinajstić information content (AvgIpc) is 2.83. The first-order chi connectivity index (χ1) is 9.48. The lowest BCUT2D eigenvalue weighted by Crippen LogP contribution is -2.26. The third-order valence-electron chi connectivity index (χ3n) is 3.20. The van der Waals surface area contributed by atoms with E-state index in [1.165, 1.54) is 5.56 Å². The van der Waals surface area contributed by atoms with Crippen LogP contribution >= 0.6 is 23.5 Å². The van der Waals surface area contributed by atoms with Crippen molar-refractivity contribution in [2.75, 3.05) is 11.5 Å². The molecule has 1 saturated heterocycles. The van der Waals surface area contributed by atoms with Crippen molar-refractivity contribution in [2.24, 2.45) is 5.10 Å². The Hall–Kier alpha value is -0.940. The lowest BCUT2D eigenvalue weighted by atomic mass is 10.1. The van der Waals surface area contributed by atoms with Crippen LogP contribution in [0, 0.1) is 6.92 Å². The number of benzene rings is 1. The van der Waals surface area contributed by atoms with Gasteiger partial charge in [-0.3, -0.25) is 4.79 Å². The predicted octanol–water partition coefficient (Wildman–Crippen LogP) is 3.42. The van der Waals surface area contributed by atoms with E-state index in [0.717, 1.165) is 22.8 Å². The van der Waals surface area contributed by atoms with Crippen molar-refractivity contribution in [3.63, 3.8) is 0 Å². The molecule has 20 heavy (non-hydrogen) atoms. The van der Waals surface area contributed by atoms with Crippen molar-refractivity contribution in [1.82, 2.24) is 5.43 Å². The van der Waals surface area contributed by atoms with Crippen molar-refractivity contribution in [1.29, 1.82) is 0 Å². The fraction of sp³-hybridized carbons (Fsp3) is 0.467. The summed E-state index contributed by atoms with van der Waals surface area (Å²) in [4.78, 5) is 11.9. The minimum absolute atomic E-state index is 0.0113. The fourth-order valence-electron chi connectivity index (χ4n) is 2.00. The minimum atomic E-state index is -0.0131. The summed E-state index contributed by atoms with van der Waals surface area (Å²) in [6.07, 6.45) is 0.507. The number of carbonyl (C=O) groups excluding carboxylic acids is 1. The quantitative estimate of drug-likeness (QED) is 0.684. The molecule has 1 aromatic carbocycles. The number of hydrogen-bond donors (Lipinski definition) is 1. The van der Waals surface area contributed by atoms with E-state index in [0.29, 0.717) is 6.42 Å². The topological polar surface area (TPSA) is 41.5 Å². The van der Waals surface area contributed by atoms with Crippen LogP contribution in [-0.4, -0.2) is 27.2 Å². The van der Waals surface area contributed by atoms with Crippen LogP contribution in [0.5, 0.6) is 0 Å². The lowest BCUT2D eigenvalue weighted by Gasteiger charge is -2.19. The molecular weight excluding hydrogens is 288 g/mol. The smallest absolute Gasteiger partial charge is 0.242 e.